The zero-order valence-corrected chi connectivity index (χ0v) is 18.8. The fourth-order valence-corrected chi connectivity index (χ4v) is 4.45. The number of thiophene rings is 1. The number of likely N-dealkylation sites (N-methyl/N-ethyl adjacent to an activating group) is 1. The minimum Gasteiger partial charge on any atom is -0.475 e. The van der Waals surface area contributed by atoms with E-state index in [1.807, 2.05) is 28.8 Å². The third-order valence-corrected chi connectivity index (χ3v) is 6.38. The Morgan fingerprint density at radius 1 is 1.15 bits per heavy atom. The van der Waals surface area contributed by atoms with E-state index in [9.17, 15) is 27.2 Å². The number of nitrogens with zero attached hydrogens (tertiary/aromatic N) is 3. The number of nitrogens with one attached hydrogen (secondary N) is 1. The molecule has 8 nitrogen and oxygen atoms in total. The molecule has 34 heavy (non-hydrogen) atoms. The van der Waals surface area contributed by atoms with E-state index in [2.05, 4.69) is 10.2 Å². The van der Waals surface area contributed by atoms with E-state index in [1.165, 1.54) is 12.1 Å². The van der Waals surface area contributed by atoms with Crippen LogP contribution in [0.2, 0.25) is 0 Å². The van der Waals surface area contributed by atoms with Crippen LogP contribution in [0.4, 0.5) is 33.7 Å². The third-order valence-electron chi connectivity index (χ3n) is 5.71. The molecule has 3 heterocycles. The standard InChI is InChI=1S/C19H21FN4O2S.C2HF3O2/c1-22-10-17(25)24(16-6-9-27-11-16)13-19(22)7-8-23(12-19)18(26)21-15-4-2-14(20)3-5-15;3-2(4,5)1(6)7/h2-6,9,11H,7-8,10,12-13H2,1H3,(H,21,26);(H,6,7). The molecule has 1 spiro atoms. The quantitative estimate of drug-likeness (QED) is 0.614. The summed E-state index contributed by atoms with van der Waals surface area (Å²) >= 11 is 1.57. The predicted octanol–water partition coefficient (Wildman–Crippen LogP) is 3.48. The first-order valence-electron chi connectivity index (χ1n) is 10.1. The minimum absolute atomic E-state index is 0.0794. The maximum absolute atomic E-state index is 13.0. The van der Waals surface area contributed by atoms with Crippen molar-refractivity contribution in [1.29, 1.82) is 0 Å². The Labute approximate surface area is 196 Å². The molecule has 2 saturated heterocycles. The van der Waals surface area contributed by atoms with Gasteiger partial charge in [-0.25, -0.2) is 14.0 Å². The molecule has 13 heteroatoms. The fourth-order valence-electron chi connectivity index (χ4n) is 3.81. The normalized spacial score (nSPS) is 20.8. The van der Waals surface area contributed by atoms with Gasteiger partial charge < -0.3 is 20.2 Å². The van der Waals surface area contributed by atoms with Crippen molar-refractivity contribution in [2.24, 2.45) is 0 Å². The average Bonchev–Trinajstić information content (AvgIpc) is 3.43. The van der Waals surface area contributed by atoms with Crippen LogP contribution in [-0.4, -0.2) is 77.8 Å². The molecule has 2 N–H and O–H groups in total. The van der Waals surface area contributed by atoms with Crippen LogP contribution in [0.5, 0.6) is 0 Å². The number of anilines is 2. The summed E-state index contributed by atoms with van der Waals surface area (Å²) in [6.45, 7) is 2.07. The number of amides is 3. The van der Waals surface area contributed by atoms with Gasteiger partial charge in [0.25, 0.3) is 0 Å². The van der Waals surface area contributed by atoms with Crippen molar-refractivity contribution in [3.05, 3.63) is 46.9 Å². The molecule has 4 rings (SSSR count). The van der Waals surface area contributed by atoms with E-state index < -0.39 is 12.1 Å². The van der Waals surface area contributed by atoms with Crippen molar-refractivity contribution in [2.45, 2.75) is 18.1 Å². The van der Waals surface area contributed by atoms with Crippen molar-refractivity contribution in [1.82, 2.24) is 9.80 Å². The number of urea groups is 1. The van der Waals surface area contributed by atoms with Crippen molar-refractivity contribution in [2.75, 3.05) is 43.4 Å². The van der Waals surface area contributed by atoms with Gasteiger partial charge in [0.05, 0.1) is 17.8 Å². The highest BCUT2D eigenvalue weighted by Gasteiger charge is 2.48. The molecule has 2 aliphatic heterocycles. The van der Waals surface area contributed by atoms with Crippen LogP contribution in [0.15, 0.2) is 41.1 Å². The summed E-state index contributed by atoms with van der Waals surface area (Å²) in [5.74, 6) is -3.02. The number of carbonyl (C=O) groups excluding carboxylic acids is 2. The summed E-state index contributed by atoms with van der Waals surface area (Å²) in [6.07, 6.45) is -4.28. The van der Waals surface area contributed by atoms with Crippen LogP contribution in [0, 0.1) is 5.82 Å². The first-order valence-corrected chi connectivity index (χ1v) is 11.0. The Morgan fingerprint density at radius 2 is 1.79 bits per heavy atom. The predicted molar refractivity (Wildman–Crippen MR) is 117 cm³/mol. The molecular formula is C21H22F4N4O4S. The maximum atomic E-state index is 13.0. The zero-order chi connectivity index (χ0) is 25.1. The highest BCUT2D eigenvalue weighted by atomic mass is 32.1. The molecule has 0 bridgehead atoms. The summed E-state index contributed by atoms with van der Waals surface area (Å²) in [7, 11) is 1.95. The van der Waals surface area contributed by atoms with Gasteiger partial charge in [0.15, 0.2) is 0 Å². The van der Waals surface area contributed by atoms with Crippen molar-refractivity contribution in [3.63, 3.8) is 0 Å². The fraction of sp³-hybridized carbons (Fsp3) is 0.381. The monoisotopic (exact) mass is 502 g/mol. The van der Waals surface area contributed by atoms with E-state index in [-0.39, 0.29) is 23.3 Å². The van der Waals surface area contributed by atoms with Crippen LogP contribution in [0.25, 0.3) is 0 Å². The maximum Gasteiger partial charge on any atom is 0.490 e. The van der Waals surface area contributed by atoms with Gasteiger partial charge in [0.2, 0.25) is 5.91 Å². The lowest BCUT2D eigenvalue weighted by Crippen LogP contribution is -2.64. The number of carboxylic acids is 1. The van der Waals surface area contributed by atoms with Crippen LogP contribution in [0.1, 0.15) is 6.42 Å². The number of likely N-dealkylation sites (tertiary alicyclic amines) is 1. The molecule has 2 aromatic rings. The van der Waals surface area contributed by atoms with Crippen LogP contribution in [0.3, 0.4) is 0 Å². The summed E-state index contributed by atoms with van der Waals surface area (Å²) in [6, 6.07) is 7.48. The van der Waals surface area contributed by atoms with Crippen LogP contribution in [-0.2, 0) is 9.59 Å². The average molecular weight is 502 g/mol. The molecule has 1 unspecified atom stereocenters. The number of aliphatic carboxylic acids is 1. The highest BCUT2D eigenvalue weighted by Crippen LogP contribution is 2.34. The lowest BCUT2D eigenvalue weighted by molar-refractivity contribution is -0.192. The summed E-state index contributed by atoms with van der Waals surface area (Å²) in [5, 5.41) is 13.9. The topological polar surface area (TPSA) is 93.2 Å². The lowest BCUT2D eigenvalue weighted by atomic mass is 9.93. The minimum atomic E-state index is -5.08. The second-order valence-corrected chi connectivity index (χ2v) is 8.73. The Hall–Kier alpha value is -3.19. The molecule has 2 aliphatic rings. The van der Waals surface area contributed by atoms with E-state index in [0.29, 0.717) is 31.9 Å². The van der Waals surface area contributed by atoms with E-state index in [1.54, 1.807) is 28.4 Å². The number of carbonyl (C=O) groups is 3. The Morgan fingerprint density at radius 3 is 2.35 bits per heavy atom. The van der Waals surface area contributed by atoms with Gasteiger partial charge >= 0.3 is 18.2 Å². The highest BCUT2D eigenvalue weighted by molar-refractivity contribution is 7.08. The molecule has 1 atom stereocenters. The van der Waals surface area contributed by atoms with Crippen LogP contribution >= 0.6 is 11.3 Å². The van der Waals surface area contributed by atoms with Gasteiger partial charge in [0, 0.05) is 30.7 Å². The van der Waals surface area contributed by atoms with Crippen molar-refractivity contribution >= 4 is 40.6 Å². The van der Waals surface area contributed by atoms with Gasteiger partial charge in [-0.2, -0.15) is 24.5 Å². The number of benzene rings is 1. The molecule has 184 valence electrons. The number of carboxylic acid groups (broad SMARTS) is 1. The molecule has 0 radical (unpaired) electrons. The van der Waals surface area contributed by atoms with Crippen LogP contribution < -0.4 is 10.2 Å². The van der Waals surface area contributed by atoms with E-state index >= 15 is 0 Å². The van der Waals surface area contributed by atoms with Gasteiger partial charge in [-0.15, -0.1) is 0 Å². The molecule has 3 amide bonds. The summed E-state index contributed by atoms with van der Waals surface area (Å²) in [4.78, 5) is 39.7. The first-order chi connectivity index (χ1) is 15.9. The SMILES string of the molecule is CN1CC(=O)N(c2ccsc2)CC12CCN(C(=O)Nc1ccc(F)cc1)C2.O=C(O)C(F)(F)F. The summed E-state index contributed by atoms with van der Waals surface area (Å²) < 4.78 is 44.8. The second kappa shape index (κ2) is 9.97. The van der Waals surface area contributed by atoms with Crippen molar-refractivity contribution in [3.8, 4) is 0 Å². The molecule has 0 saturated carbocycles. The number of hydrogen-bond donors (Lipinski definition) is 2. The molecule has 1 aromatic carbocycles. The smallest absolute Gasteiger partial charge is 0.475 e. The number of alkyl halides is 3. The van der Waals surface area contributed by atoms with Gasteiger partial charge in [-0.1, -0.05) is 0 Å². The Balaban J connectivity index is 0.000000406. The van der Waals surface area contributed by atoms with E-state index in [4.69, 9.17) is 9.90 Å². The Kier molecular flexibility index (Phi) is 7.46. The second-order valence-electron chi connectivity index (χ2n) is 7.95. The number of piperazine rings is 1. The first kappa shape index (κ1) is 25.4. The van der Waals surface area contributed by atoms with Crippen molar-refractivity contribution < 1.29 is 37.1 Å². The molecule has 2 fully saturated rings. The van der Waals surface area contributed by atoms with E-state index in [0.717, 1.165) is 12.1 Å². The third kappa shape index (κ3) is 5.83. The van der Waals surface area contributed by atoms with Gasteiger partial charge in [0.1, 0.15) is 5.82 Å². The molecule has 1 aromatic heterocycles. The molecule has 0 aliphatic carbocycles. The largest absolute Gasteiger partial charge is 0.490 e. The number of halogens is 4. The zero-order valence-electron chi connectivity index (χ0n) is 18.0. The Bertz CT molecular complexity index is 1030. The summed E-state index contributed by atoms with van der Waals surface area (Å²) in [5.41, 5.74) is 1.23. The lowest BCUT2D eigenvalue weighted by Gasteiger charge is -2.46. The number of hydrogen-bond acceptors (Lipinski definition) is 5. The van der Waals surface area contributed by atoms with Gasteiger partial charge in [-0.05, 0) is 49.2 Å². The number of rotatable bonds is 2. The molecular weight excluding hydrogens is 480 g/mol. The van der Waals surface area contributed by atoms with Gasteiger partial charge in [-0.3, -0.25) is 9.69 Å².